The van der Waals surface area contributed by atoms with E-state index in [2.05, 4.69) is 27.0 Å². The van der Waals surface area contributed by atoms with Gasteiger partial charge in [-0.15, -0.1) is 24.0 Å². The number of hydrogen-bond acceptors (Lipinski definition) is 4. The first-order valence-electron chi connectivity index (χ1n) is 4.55. The molecular weight excluding hydrogens is 321 g/mol. The Hall–Kier alpha value is -1.12. The summed E-state index contributed by atoms with van der Waals surface area (Å²) in [5.74, 6) is 1.38. The van der Waals surface area contributed by atoms with Crippen LogP contribution in [0.25, 0.3) is 0 Å². The van der Waals surface area contributed by atoms with Gasteiger partial charge in [-0.05, 0) is 13.8 Å². The number of aliphatic imine (C=N–C) groups is 1. The van der Waals surface area contributed by atoms with Crippen molar-refractivity contribution in [3.8, 4) is 0 Å². The van der Waals surface area contributed by atoms with Crippen LogP contribution in [0.5, 0.6) is 0 Å². The van der Waals surface area contributed by atoms with Gasteiger partial charge in [-0.25, -0.2) is 4.99 Å². The Morgan fingerprint density at radius 1 is 1.62 bits per heavy atom. The van der Waals surface area contributed by atoms with Gasteiger partial charge in [-0.2, -0.15) is 4.98 Å². The first-order valence-corrected chi connectivity index (χ1v) is 4.55. The van der Waals surface area contributed by atoms with E-state index in [0.29, 0.717) is 24.2 Å². The summed E-state index contributed by atoms with van der Waals surface area (Å²) in [4.78, 5) is 8.02. The highest BCUT2D eigenvalue weighted by Gasteiger charge is 2.00. The van der Waals surface area contributed by atoms with Gasteiger partial charge in [0.2, 0.25) is 5.89 Å². The van der Waals surface area contributed by atoms with Crippen molar-refractivity contribution < 1.29 is 4.52 Å². The third-order valence-electron chi connectivity index (χ3n) is 1.53. The summed E-state index contributed by atoms with van der Waals surface area (Å²) in [6.07, 6.45) is 0. The van der Waals surface area contributed by atoms with Crippen molar-refractivity contribution in [2.45, 2.75) is 20.4 Å². The second kappa shape index (κ2) is 7.20. The summed E-state index contributed by atoms with van der Waals surface area (Å²) >= 11 is 0. The normalized spacial score (nSPS) is 10.8. The highest BCUT2D eigenvalue weighted by molar-refractivity contribution is 14.0. The molecule has 90 valence electrons. The molecule has 16 heavy (non-hydrogen) atoms. The molecule has 1 aromatic heterocycles. The largest absolute Gasteiger partial charge is 0.370 e. The lowest BCUT2D eigenvalue weighted by atomic mass is 10.3. The van der Waals surface area contributed by atoms with Crippen molar-refractivity contribution >= 4 is 29.9 Å². The molecule has 0 aliphatic rings. The van der Waals surface area contributed by atoms with Crippen molar-refractivity contribution in [2.24, 2.45) is 10.7 Å². The standard InChI is InChI=1S/C9H15N5O.HI/c1-6(2)4-11-9(10)12-5-8-13-7(3)14-15-8;/h1,4-5H2,2-3H3,(H3,10,11,12);1H. The van der Waals surface area contributed by atoms with Crippen LogP contribution in [0, 0.1) is 6.92 Å². The quantitative estimate of drug-likeness (QED) is 0.370. The summed E-state index contributed by atoms with van der Waals surface area (Å²) in [5.41, 5.74) is 6.57. The van der Waals surface area contributed by atoms with E-state index in [1.807, 2.05) is 6.92 Å². The Kier molecular flexibility index (Phi) is 6.70. The number of nitrogens with one attached hydrogen (secondary N) is 1. The molecule has 0 amide bonds. The van der Waals surface area contributed by atoms with Crippen molar-refractivity contribution in [1.29, 1.82) is 0 Å². The van der Waals surface area contributed by atoms with Gasteiger partial charge in [0.05, 0.1) is 0 Å². The number of aromatic nitrogens is 2. The smallest absolute Gasteiger partial charge is 0.248 e. The lowest BCUT2D eigenvalue weighted by Gasteiger charge is -2.03. The maximum absolute atomic E-state index is 5.58. The predicted octanol–water partition coefficient (Wildman–Crippen LogP) is 0.976. The monoisotopic (exact) mass is 337 g/mol. The molecule has 1 rings (SSSR count). The molecule has 0 unspecified atom stereocenters. The van der Waals surface area contributed by atoms with E-state index in [9.17, 15) is 0 Å². The molecule has 0 aliphatic heterocycles. The Balaban J connectivity index is 0.00000225. The molecule has 0 saturated carbocycles. The van der Waals surface area contributed by atoms with Crippen LogP contribution in [-0.4, -0.2) is 22.6 Å². The molecule has 7 heteroatoms. The molecule has 0 aliphatic carbocycles. The number of nitrogens with zero attached hydrogens (tertiary/aromatic N) is 3. The Labute approximate surface area is 111 Å². The maximum atomic E-state index is 5.58. The molecule has 3 N–H and O–H groups in total. The molecule has 0 aromatic carbocycles. The molecule has 0 saturated heterocycles. The summed E-state index contributed by atoms with van der Waals surface area (Å²) in [6.45, 7) is 8.29. The lowest BCUT2D eigenvalue weighted by Crippen LogP contribution is -2.32. The molecule has 0 radical (unpaired) electrons. The zero-order valence-electron chi connectivity index (χ0n) is 9.36. The summed E-state index contributed by atoms with van der Waals surface area (Å²) < 4.78 is 4.87. The van der Waals surface area contributed by atoms with Crippen molar-refractivity contribution in [3.63, 3.8) is 0 Å². The van der Waals surface area contributed by atoms with Crippen LogP contribution in [0.1, 0.15) is 18.6 Å². The fraction of sp³-hybridized carbons (Fsp3) is 0.444. The van der Waals surface area contributed by atoms with Gasteiger partial charge in [-0.1, -0.05) is 17.3 Å². The van der Waals surface area contributed by atoms with E-state index in [1.54, 1.807) is 6.92 Å². The minimum atomic E-state index is 0. The van der Waals surface area contributed by atoms with E-state index in [4.69, 9.17) is 10.3 Å². The van der Waals surface area contributed by atoms with Crippen LogP contribution in [0.4, 0.5) is 0 Å². The molecule has 1 aromatic rings. The average Bonchev–Trinajstić information content (AvgIpc) is 2.58. The number of nitrogens with two attached hydrogens (primary N) is 1. The van der Waals surface area contributed by atoms with E-state index in [0.717, 1.165) is 5.57 Å². The first-order chi connectivity index (χ1) is 7.08. The topological polar surface area (TPSA) is 89.3 Å². The molecule has 0 fully saturated rings. The van der Waals surface area contributed by atoms with Gasteiger partial charge < -0.3 is 15.6 Å². The van der Waals surface area contributed by atoms with Gasteiger partial charge in [-0.3, -0.25) is 0 Å². The minimum Gasteiger partial charge on any atom is -0.370 e. The lowest BCUT2D eigenvalue weighted by molar-refractivity contribution is 0.376. The zero-order valence-corrected chi connectivity index (χ0v) is 11.7. The van der Waals surface area contributed by atoms with Gasteiger partial charge in [0.1, 0.15) is 6.54 Å². The number of halogens is 1. The molecule has 1 heterocycles. The summed E-state index contributed by atoms with van der Waals surface area (Å²) in [7, 11) is 0. The van der Waals surface area contributed by atoms with Crippen LogP contribution < -0.4 is 11.1 Å². The predicted molar refractivity (Wildman–Crippen MR) is 72.6 cm³/mol. The SMILES string of the molecule is C=C(C)CNC(N)=NCc1nc(C)no1.I. The fourth-order valence-corrected chi connectivity index (χ4v) is 0.854. The van der Waals surface area contributed by atoms with E-state index < -0.39 is 0 Å². The number of hydrogen-bond donors (Lipinski definition) is 2. The van der Waals surface area contributed by atoms with Crippen LogP contribution in [-0.2, 0) is 6.54 Å². The third kappa shape index (κ3) is 5.69. The van der Waals surface area contributed by atoms with Crippen LogP contribution >= 0.6 is 24.0 Å². The Morgan fingerprint density at radius 3 is 2.81 bits per heavy atom. The molecule has 0 spiro atoms. The van der Waals surface area contributed by atoms with Crippen molar-refractivity contribution in [2.75, 3.05) is 6.54 Å². The second-order valence-electron chi connectivity index (χ2n) is 3.25. The van der Waals surface area contributed by atoms with Gasteiger partial charge in [0.15, 0.2) is 11.8 Å². The average molecular weight is 337 g/mol. The van der Waals surface area contributed by atoms with Crippen LogP contribution in [0.2, 0.25) is 0 Å². The van der Waals surface area contributed by atoms with Gasteiger partial charge in [0, 0.05) is 6.54 Å². The Morgan fingerprint density at radius 2 is 2.31 bits per heavy atom. The zero-order chi connectivity index (χ0) is 11.3. The molecular formula is C9H16IN5O. The highest BCUT2D eigenvalue weighted by Crippen LogP contribution is 1.96. The molecule has 6 nitrogen and oxygen atoms in total. The van der Waals surface area contributed by atoms with Gasteiger partial charge in [0.25, 0.3) is 0 Å². The number of guanidine groups is 1. The molecule has 0 atom stereocenters. The van der Waals surface area contributed by atoms with Gasteiger partial charge >= 0.3 is 0 Å². The minimum absolute atomic E-state index is 0. The van der Waals surface area contributed by atoms with E-state index >= 15 is 0 Å². The highest BCUT2D eigenvalue weighted by atomic mass is 127. The number of rotatable bonds is 4. The van der Waals surface area contributed by atoms with Crippen molar-refractivity contribution in [3.05, 3.63) is 23.9 Å². The van der Waals surface area contributed by atoms with Crippen LogP contribution in [0.15, 0.2) is 21.7 Å². The van der Waals surface area contributed by atoms with Crippen molar-refractivity contribution in [1.82, 2.24) is 15.5 Å². The third-order valence-corrected chi connectivity index (χ3v) is 1.53. The Bertz CT molecular complexity index is 374. The number of aryl methyl sites for hydroxylation is 1. The van der Waals surface area contributed by atoms with Crippen LogP contribution in [0.3, 0.4) is 0 Å². The maximum Gasteiger partial charge on any atom is 0.248 e. The van der Waals surface area contributed by atoms with E-state index in [1.165, 1.54) is 0 Å². The summed E-state index contributed by atoms with van der Waals surface area (Å²) in [5, 5.41) is 6.54. The van der Waals surface area contributed by atoms with E-state index in [-0.39, 0.29) is 30.5 Å². The first kappa shape index (κ1) is 14.9. The second-order valence-corrected chi connectivity index (χ2v) is 3.25. The summed E-state index contributed by atoms with van der Waals surface area (Å²) in [6, 6.07) is 0. The molecule has 0 bridgehead atoms. The fourth-order valence-electron chi connectivity index (χ4n) is 0.854.